The van der Waals surface area contributed by atoms with Gasteiger partial charge in [0.25, 0.3) is 0 Å². The molecule has 3 aromatic carbocycles. The molecule has 43 heavy (non-hydrogen) atoms. The molecule has 0 saturated heterocycles. The number of anilines is 1. The van der Waals surface area contributed by atoms with Crippen molar-refractivity contribution in [1.82, 2.24) is 10.2 Å². The number of carbonyl (C=O) groups excluding carboxylic acids is 2. The molecule has 0 radical (unpaired) electrons. The van der Waals surface area contributed by atoms with E-state index in [0.717, 1.165) is 24.0 Å². The number of alkyl halides is 3. The van der Waals surface area contributed by atoms with Crippen LogP contribution in [0.15, 0.2) is 72.8 Å². The summed E-state index contributed by atoms with van der Waals surface area (Å²) in [4.78, 5) is 29.0. The molecule has 0 aliphatic rings. The maximum Gasteiger partial charge on any atom is 0.416 e. The Bertz CT molecular complexity index is 1520. The van der Waals surface area contributed by atoms with E-state index in [1.807, 2.05) is 13.8 Å². The number of nitrogens with zero attached hydrogens (tertiary/aromatic N) is 2. The monoisotopic (exact) mass is 657 g/mol. The van der Waals surface area contributed by atoms with Crippen molar-refractivity contribution in [2.75, 3.05) is 17.1 Å². The van der Waals surface area contributed by atoms with Crippen LogP contribution in [0.2, 0.25) is 10.0 Å². The van der Waals surface area contributed by atoms with Gasteiger partial charge in [0.1, 0.15) is 12.6 Å². The van der Waals surface area contributed by atoms with E-state index in [0.29, 0.717) is 27.4 Å². The molecular formula is C30H32Cl2F3N3O4S. The Kier molecular flexibility index (Phi) is 11.5. The van der Waals surface area contributed by atoms with Crippen molar-refractivity contribution in [2.24, 2.45) is 0 Å². The van der Waals surface area contributed by atoms with E-state index in [2.05, 4.69) is 5.32 Å². The molecule has 0 heterocycles. The van der Waals surface area contributed by atoms with Crippen molar-refractivity contribution in [3.8, 4) is 0 Å². The fourth-order valence-electron chi connectivity index (χ4n) is 4.26. The smallest absolute Gasteiger partial charge is 0.352 e. The number of carbonyl (C=O) groups is 2. The molecular weight excluding hydrogens is 626 g/mol. The summed E-state index contributed by atoms with van der Waals surface area (Å²) in [7, 11) is -4.32. The van der Waals surface area contributed by atoms with E-state index < -0.39 is 51.9 Å². The van der Waals surface area contributed by atoms with Crippen molar-refractivity contribution in [1.29, 1.82) is 0 Å². The van der Waals surface area contributed by atoms with Crippen LogP contribution in [0, 0.1) is 0 Å². The molecule has 0 unspecified atom stereocenters. The molecule has 7 nitrogen and oxygen atoms in total. The molecule has 2 atom stereocenters. The summed E-state index contributed by atoms with van der Waals surface area (Å²) in [5, 5.41) is 3.04. The zero-order chi connectivity index (χ0) is 31.9. The topological polar surface area (TPSA) is 86.8 Å². The van der Waals surface area contributed by atoms with Gasteiger partial charge in [0.05, 0.1) is 22.5 Å². The van der Waals surface area contributed by atoms with Gasteiger partial charge in [-0.25, -0.2) is 8.42 Å². The number of hydrogen-bond donors (Lipinski definition) is 1. The van der Waals surface area contributed by atoms with Crippen LogP contribution in [0.5, 0.6) is 0 Å². The molecule has 0 aromatic heterocycles. The van der Waals surface area contributed by atoms with Gasteiger partial charge in [-0.2, -0.15) is 13.2 Å². The van der Waals surface area contributed by atoms with Crippen molar-refractivity contribution < 1.29 is 31.2 Å². The highest BCUT2D eigenvalue weighted by molar-refractivity contribution is 7.92. The summed E-state index contributed by atoms with van der Waals surface area (Å²) in [6.45, 7) is 2.67. The first-order valence-corrected chi connectivity index (χ1v) is 15.9. The zero-order valence-corrected chi connectivity index (χ0v) is 26.1. The highest BCUT2D eigenvalue weighted by atomic mass is 35.5. The van der Waals surface area contributed by atoms with Gasteiger partial charge in [0, 0.05) is 24.0 Å². The van der Waals surface area contributed by atoms with Gasteiger partial charge in [-0.1, -0.05) is 72.6 Å². The third kappa shape index (κ3) is 9.61. The van der Waals surface area contributed by atoms with E-state index in [9.17, 15) is 31.2 Å². The maximum absolute atomic E-state index is 14.1. The van der Waals surface area contributed by atoms with Crippen LogP contribution < -0.4 is 9.62 Å². The van der Waals surface area contributed by atoms with Crippen molar-refractivity contribution in [2.45, 2.75) is 51.5 Å². The zero-order valence-electron chi connectivity index (χ0n) is 23.7. The van der Waals surface area contributed by atoms with E-state index in [4.69, 9.17) is 23.2 Å². The van der Waals surface area contributed by atoms with Gasteiger partial charge in [0.15, 0.2) is 0 Å². The normalized spacial score (nSPS) is 13.2. The standard InChI is InChI=1S/C30H32Cl2F3N3O4S/c1-4-20(2)36-29(40)27(16-21-8-6-5-7-9-21)37(18-22-10-13-24(31)14-11-22)28(39)19-38(43(3,41)42)26-17-23(30(33,34)35)12-15-25(26)32/h5-15,17,20,27H,4,16,18-19H2,1-3H3,(H,36,40)/t20-,27+/m0/s1. The Morgan fingerprint density at radius 2 is 1.58 bits per heavy atom. The summed E-state index contributed by atoms with van der Waals surface area (Å²) < 4.78 is 66.9. The minimum absolute atomic E-state index is 0.0889. The number of benzene rings is 3. The van der Waals surface area contributed by atoms with E-state index in [-0.39, 0.29) is 24.0 Å². The average molecular weight is 659 g/mol. The summed E-state index contributed by atoms with van der Waals surface area (Å²) >= 11 is 12.2. The first-order chi connectivity index (χ1) is 20.1. The van der Waals surface area contributed by atoms with Crippen molar-refractivity contribution >= 4 is 50.7 Å². The Morgan fingerprint density at radius 1 is 0.953 bits per heavy atom. The minimum atomic E-state index is -4.79. The molecule has 0 bridgehead atoms. The van der Waals surface area contributed by atoms with Crippen LogP contribution >= 0.6 is 23.2 Å². The van der Waals surface area contributed by atoms with Gasteiger partial charge in [-0.15, -0.1) is 0 Å². The molecule has 0 spiro atoms. The minimum Gasteiger partial charge on any atom is -0.352 e. The number of hydrogen-bond acceptors (Lipinski definition) is 4. The highest BCUT2D eigenvalue weighted by Gasteiger charge is 2.36. The Hall–Kier alpha value is -3.28. The van der Waals surface area contributed by atoms with Gasteiger partial charge in [-0.05, 0) is 54.8 Å². The van der Waals surface area contributed by atoms with Gasteiger partial charge in [-0.3, -0.25) is 13.9 Å². The van der Waals surface area contributed by atoms with E-state index in [1.165, 1.54) is 4.90 Å². The largest absolute Gasteiger partial charge is 0.416 e. The van der Waals surface area contributed by atoms with Crippen molar-refractivity contribution in [3.63, 3.8) is 0 Å². The lowest BCUT2D eigenvalue weighted by atomic mass is 10.0. The van der Waals surface area contributed by atoms with Crippen LogP contribution in [-0.4, -0.2) is 50.0 Å². The average Bonchev–Trinajstić information content (AvgIpc) is 2.94. The number of amides is 2. The Balaban J connectivity index is 2.11. The molecule has 13 heteroatoms. The predicted molar refractivity (Wildman–Crippen MR) is 162 cm³/mol. The molecule has 2 amide bonds. The summed E-state index contributed by atoms with van der Waals surface area (Å²) in [6.07, 6.45) is -3.32. The fourth-order valence-corrected chi connectivity index (χ4v) is 5.51. The summed E-state index contributed by atoms with van der Waals surface area (Å²) in [5.74, 6) is -1.29. The molecule has 0 fully saturated rings. The van der Waals surface area contributed by atoms with Crippen LogP contribution in [0.1, 0.15) is 37.0 Å². The highest BCUT2D eigenvalue weighted by Crippen LogP contribution is 2.36. The molecule has 0 aliphatic carbocycles. The molecule has 0 aliphatic heterocycles. The molecule has 0 saturated carbocycles. The van der Waals surface area contributed by atoms with E-state index in [1.54, 1.807) is 54.6 Å². The lowest BCUT2D eigenvalue weighted by molar-refractivity contribution is -0.140. The quantitative estimate of drug-likeness (QED) is 0.247. The van der Waals surface area contributed by atoms with Gasteiger partial charge >= 0.3 is 6.18 Å². The number of halogens is 5. The molecule has 3 aromatic rings. The molecule has 3 rings (SSSR count). The second kappa shape index (κ2) is 14.5. The van der Waals surface area contributed by atoms with E-state index >= 15 is 0 Å². The maximum atomic E-state index is 14.1. The van der Waals surface area contributed by atoms with Gasteiger partial charge < -0.3 is 10.2 Å². The van der Waals surface area contributed by atoms with Gasteiger partial charge in [0.2, 0.25) is 21.8 Å². The lowest BCUT2D eigenvalue weighted by Gasteiger charge is -2.34. The number of rotatable bonds is 12. The second-order valence-corrected chi connectivity index (χ2v) is 12.9. The van der Waals surface area contributed by atoms with Crippen LogP contribution in [0.4, 0.5) is 18.9 Å². The Morgan fingerprint density at radius 3 is 2.14 bits per heavy atom. The van der Waals surface area contributed by atoms with Crippen LogP contribution in [0.3, 0.4) is 0 Å². The molecule has 232 valence electrons. The SMILES string of the molecule is CC[C@H](C)NC(=O)[C@@H](Cc1ccccc1)N(Cc1ccc(Cl)cc1)C(=O)CN(c1cc(C(F)(F)F)ccc1Cl)S(C)(=O)=O. The first kappa shape index (κ1) is 34.2. The van der Waals surface area contributed by atoms with Crippen LogP contribution in [0.25, 0.3) is 0 Å². The lowest BCUT2D eigenvalue weighted by Crippen LogP contribution is -2.54. The first-order valence-electron chi connectivity index (χ1n) is 13.3. The third-order valence-corrected chi connectivity index (χ3v) is 8.46. The number of sulfonamides is 1. The third-order valence-electron chi connectivity index (χ3n) is 6.76. The summed E-state index contributed by atoms with van der Waals surface area (Å²) in [5.41, 5.74) is -0.319. The molecule has 1 N–H and O–H groups in total. The predicted octanol–water partition coefficient (Wildman–Crippen LogP) is 6.33. The van der Waals surface area contributed by atoms with Crippen LogP contribution in [-0.2, 0) is 38.8 Å². The van der Waals surface area contributed by atoms with Crippen molar-refractivity contribution in [3.05, 3.63) is 99.5 Å². The second-order valence-electron chi connectivity index (χ2n) is 10.1. The summed E-state index contributed by atoms with van der Waals surface area (Å²) in [6, 6.07) is 16.4. The Labute approximate surface area is 259 Å². The number of nitrogens with one attached hydrogen (secondary N) is 1. The fraction of sp³-hybridized carbons (Fsp3) is 0.333.